The lowest BCUT2D eigenvalue weighted by Crippen LogP contribution is -2.02. The Labute approximate surface area is 212 Å². The van der Waals surface area contributed by atoms with E-state index in [1.54, 1.807) is 30.3 Å². The van der Waals surface area contributed by atoms with E-state index < -0.39 is 5.97 Å². The Morgan fingerprint density at radius 3 is 2.27 bits per heavy atom. The Bertz CT molecular complexity index is 1370. The fraction of sp³-hybridized carbons (Fsp3) is 0.115. The van der Waals surface area contributed by atoms with Crippen LogP contribution in [0.1, 0.15) is 22.3 Å². The van der Waals surface area contributed by atoms with Crippen LogP contribution in [-0.4, -0.2) is 10.5 Å². The molecule has 4 rings (SSSR count). The normalized spacial score (nSPS) is 11.4. The molecule has 7 heteroatoms. The average Bonchev–Trinajstić information content (AvgIpc) is 3.09. The first kappa shape index (κ1) is 23.7. The maximum Gasteiger partial charge on any atom is 0.331 e. The summed E-state index contributed by atoms with van der Waals surface area (Å²) < 4.78 is 7.47. The molecule has 0 radical (unpaired) electrons. The van der Waals surface area contributed by atoms with Gasteiger partial charge in [-0.1, -0.05) is 76.7 Å². The van der Waals surface area contributed by atoms with E-state index in [9.17, 15) is 4.79 Å². The summed E-state index contributed by atoms with van der Waals surface area (Å²) in [7, 11) is 0. The Kier molecular flexibility index (Phi) is 7.35. The summed E-state index contributed by atoms with van der Waals surface area (Å²) in [6, 6.07) is 16.5. The molecule has 0 atom stereocenters. The minimum atomic E-state index is -0.464. The number of hydrogen-bond acceptors (Lipinski definition) is 2. The molecule has 3 aromatic carbocycles. The van der Waals surface area contributed by atoms with Crippen LogP contribution in [0.4, 0.5) is 0 Å². The number of ether oxygens (including phenoxy) is 1. The molecule has 0 saturated heterocycles. The van der Waals surface area contributed by atoms with E-state index in [0.717, 1.165) is 27.6 Å². The molecule has 3 nitrogen and oxygen atoms in total. The second kappa shape index (κ2) is 10.2. The van der Waals surface area contributed by atoms with Gasteiger partial charge in [-0.25, -0.2) is 4.79 Å². The van der Waals surface area contributed by atoms with Gasteiger partial charge in [0.05, 0.1) is 5.52 Å². The number of carbonyl (C=O) groups excluding carboxylic acids is 1. The fourth-order valence-electron chi connectivity index (χ4n) is 3.65. The van der Waals surface area contributed by atoms with E-state index >= 15 is 0 Å². The zero-order chi connectivity index (χ0) is 23.5. The summed E-state index contributed by atoms with van der Waals surface area (Å²) in [5.41, 5.74) is 4.67. The van der Waals surface area contributed by atoms with Gasteiger partial charge in [0, 0.05) is 49.9 Å². The van der Waals surface area contributed by atoms with Crippen LogP contribution in [0, 0.1) is 6.92 Å². The van der Waals surface area contributed by atoms with Gasteiger partial charge in [0.1, 0.15) is 6.61 Å². The first-order chi connectivity index (χ1) is 15.8. The zero-order valence-corrected chi connectivity index (χ0v) is 20.6. The quantitative estimate of drug-likeness (QED) is 0.189. The lowest BCUT2D eigenvalue weighted by Gasteiger charge is -2.10. The number of rotatable bonds is 6. The minimum Gasteiger partial charge on any atom is -0.458 e. The lowest BCUT2D eigenvalue weighted by molar-refractivity contribution is -0.138. The Morgan fingerprint density at radius 2 is 1.61 bits per heavy atom. The largest absolute Gasteiger partial charge is 0.458 e. The van der Waals surface area contributed by atoms with E-state index in [-0.39, 0.29) is 6.61 Å². The summed E-state index contributed by atoms with van der Waals surface area (Å²) in [4.78, 5) is 12.3. The van der Waals surface area contributed by atoms with Gasteiger partial charge >= 0.3 is 5.97 Å². The van der Waals surface area contributed by atoms with E-state index in [2.05, 4.69) is 23.8 Å². The molecule has 1 aromatic heterocycles. The molecule has 4 aromatic rings. The zero-order valence-electron chi connectivity index (χ0n) is 17.6. The average molecular weight is 519 g/mol. The van der Waals surface area contributed by atoms with Crippen molar-refractivity contribution < 1.29 is 9.53 Å². The summed E-state index contributed by atoms with van der Waals surface area (Å²) in [5.74, 6) is -0.464. The van der Waals surface area contributed by atoms with Crippen LogP contribution < -0.4 is 0 Å². The summed E-state index contributed by atoms with van der Waals surface area (Å²) >= 11 is 24.5. The molecule has 0 amide bonds. The molecule has 0 fully saturated rings. The molecule has 33 heavy (non-hydrogen) atoms. The number of aromatic nitrogens is 1. The van der Waals surface area contributed by atoms with E-state index in [1.165, 1.54) is 6.08 Å². The predicted octanol–water partition coefficient (Wildman–Crippen LogP) is 8.37. The van der Waals surface area contributed by atoms with Gasteiger partial charge in [0.2, 0.25) is 0 Å². The number of esters is 1. The van der Waals surface area contributed by atoms with Crippen LogP contribution >= 0.6 is 46.4 Å². The van der Waals surface area contributed by atoms with Gasteiger partial charge in [0.25, 0.3) is 0 Å². The molecule has 0 unspecified atom stereocenters. The second-order valence-corrected chi connectivity index (χ2v) is 9.28. The minimum absolute atomic E-state index is 0.0634. The summed E-state index contributed by atoms with van der Waals surface area (Å²) in [6.45, 7) is 2.69. The predicted molar refractivity (Wildman–Crippen MR) is 138 cm³/mol. The van der Waals surface area contributed by atoms with Crippen molar-refractivity contribution >= 4 is 69.4 Å². The number of nitrogens with zero attached hydrogens (tertiary/aromatic N) is 1. The highest BCUT2D eigenvalue weighted by Gasteiger charge is 2.11. The second-order valence-electron chi connectivity index (χ2n) is 7.60. The molecular formula is C26H19Cl4NO2. The molecule has 0 spiro atoms. The molecule has 0 saturated carbocycles. The molecular weight excluding hydrogens is 500 g/mol. The molecule has 0 aliphatic heterocycles. The third-order valence-electron chi connectivity index (χ3n) is 5.27. The highest BCUT2D eigenvalue weighted by atomic mass is 35.5. The molecule has 168 valence electrons. The molecule has 1 heterocycles. The van der Waals surface area contributed by atoms with Crippen molar-refractivity contribution in [2.45, 2.75) is 20.1 Å². The standard InChI is InChI=1S/C26H19Cl4NO2/c1-16-13-31(14-18-5-8-20(27)11-23(18)29)26-17(3-2-4-22(16)26)7-10-25(32)33-15-19-6-9-21(28)12-24(19)30/h2-13H,14-15H2,1H3/b10-7+. The fourth-order valence-corrected chi connectivity index (χ4v) is 4.59. The topological polar surface area (TPSA) is 31.2 Å². The Morgan fingerprint density at radius 1 is 0.939 bits per heavy atom. The first-order valence-electron chi connectivity index (χ1n) is 10.1. The van der Waals surface area contributed by atoms with Gasteiger partial charge in [-0.2, -0.15) is 0 Å². The Balaban J connectivity index is 1.57. The van der Waals surface area contributed by atoms with Crippen LogP contribution in [0.5, 0.6) is 0 Å². The van der Waals surface area contributed by atoms with Crippen molar-refractivity contribution in [1.82, 2.24) is 4.57 Å². The molecule has 0 bridgehead atoms. The smallest absolute Gasteiger partial charge is 0.331 e. The highest BCUT2D eigenvalue weighted by Crippen LogP contribution is 2.29. The third-order valence-corrected chi connectivity index (χ3v) is 6.44. The van der Waals surface area contributed by atoms with E-state index in [4.69, 9.17) is 51.1 Å². The number of hydrogen-bond donors (Lipinski definition) is 0. The summed E-state index contributed by atoms with van der Waals surface area (Å²) in [5, 5.41) is 3.29. The number of aryl methyl sites for hydroxylation is 1. The molecule has 0 N–H and O–H groups in total. The van der Waals surface area contributed by atoms with Crippen molar-refractivity contribution in [3.8, 4) is 0 Å². The van der Waals surface area contributed by atoms with Crippen molar-refractivity contribution in [3.05, 3.63) is 109 Å². The maximum absolute atomic E-state index is 12.3. The third kappa shape index (κ3) is 5.56. The van der Waals surface area contributed by atoms with Gasteiger partial charge in [0.15, 0.2) is 0 Å². The van der Waals surface area contributed by atoms with Crippen molar-refractivity contribution in [2.75, 3.05) is 0 Å². The maximum atomic E-state index is 12.3. The first-order valence-corrected chi connectivity index (χ1v) is 11.6. The van der Waals surface area contributed by atoms with Crippen LogP contribution in [0.2, 0.25) is 20.1 Å². The van der Waals surface area contributed by atoms with Crippen LogP contribution in [0.25, 0.3) is 17.0 Å². The van der Waals surface area contributed by atoms with Crippen molar-refractivity contribution in [3.63, 3.8) is 0 Å². The number of para-hydroxylation sites is 1. The van der Waals surface area contributed by atoms with Gasteiger partial charge in [-0.05, 0) is 54.0 Å². The van der Waals surface area contributed by atoms with E-state index in [0.29, 0.717) is 32.2 Å². The van der Waals surface area contributed by atoms with Crippen molar-refractivity contribution in [1.29, 1.82) is 0 Å². The van der Waals surface area contributed by atoms with Crippen molar-refractivity contribution in [2.24, 2.45) is 0 Å². The molecule has 0 aliphatic rings. The SMILES string of the molecule is Cc1cn(Cc2ccc(Cl)cc2Cl)c2c(/C=C/C(=O)OCc3ccc(Cl)cc3Cl)cccc12. The molecule has 0 aliphatic carbocycles. The number of carbonyl (C=O) groups is 1. The highest BCUT2D eigenvalue weighted by molar-refractivity contribution is 6.35. The van der Waals surface area contributed by atoms with Gasteiger partial charge in [-0.15, -0.1) is 0 Å². The van der Waals surface area contributed by atoms with Gasteiger partial charge < -0.3 is 9.30 Å². The number of benzene rings is 3. The Hall–Kier alpha value is -2.43. The lowest BCUT2D eigenvalue weighted by atomic mass is 10.1. The van der Waals surface area contributed by atoms with E-state index in [1.807, 2.05) is 24.3 Å². The number of halogens is 4. The number of fused-ring (bicyclic) bond motifs is 1. The summed E-state index contributed by atoms with van der Waals surface area (Å²) in [6.07, 6.45) is 5.25. The van der Waals surface area contributed by atoms with Crippen LogP contribution in [-0.2, 0) is 22.7 Å². The van der Waals surface area contributed by atoms with Crippen LogP contribution in [0.15, 0.2) is 66.9 Å². The monoisotopic (exact) mass is 517 g/mol. The van der Waals surface area contributed by atoms with Crippen LogP contribution in [0.3, 0.4) is 0 Å². The van der Waals surface area contributed by atoms with Gasteiger partial charge in [-0.3, -0.25) is 0 Å².